The number of nitrogens with zero attached hydrogens (tertiary/aromatic N) is 3. The summed E-state index contributed by atoms with van der Waals surface area (Å²) in [4.78, 5) is 2.40. The molecule has 1 aromatic carbocycles. The smallest absolute Gasteiger partial charge is 0.406 e. The topological polar surface area (TPSA) is 58.0 Å². The van der Waals surface area contributed by atoms with Gasteiger partial charge in [-0.25, -0.2) is 4.39 Å². The van der Waals surface area contributed by atoms with Crippen LogP contribution in [0.15, 0.2) is 23.3 Å². The fraction of sp³-hybridized carbons (Fsp3) is 0.250. The lowest BCUT2D eigenvalue weighted by Crippen LogP contribution is -2.17. The Hall–Kier alpha value is -1.95. The molecule has 0 radical (unpaired) electrons. The van der Waals surface area contributed by atoms with Crippen molar-refractivity contribution in [2.24, 2.45) is 5.11 Å². The Bertz CT molecular complexity index is 426. The molecule has 0 aromatic heterocycles. The van der Waals surface area contributed by atoms with Gasteiger partial charge in [0.15, 0.2) is 0 Å². The van der Waals surface area contributed by atoms with Crippen LogP contribution in [0.4, 0.5) is 17.6 Å². The number of alkyl halides is 3. The summed E-state index contributed by atoms with van der Waals surface area (Å²) in [5.74, 6) is -1.58. The molecule has 1 rings (SSSR count). The van der Waals surface area contributed by atoms with E-state index >= 15 is 0 Å². The van der Waals surface area contributed by atoms with Crippen LogP contribution in [0.3, 0.4) is 0 Å². The molecule has 86 valence electrons. The van der Waals surface area contributed by atoms with Gasteiger partial charge in [0.05, 0.1) is 6.54 Å². The zero-order valence-electron chi connectivity index (χ0n) is 7.70. The molecule has 0 bridgehead atoms. The normalized spacial score (nSPS) is 10.8. The molecule has 16 heavy (non-hydrogen) atoms. The van der Waals surface area contributed by atoms with E-state index in [1.807, 2.05) is 0 Å². The first kappa shape index (κ1) is 12.1. The van der Waals surface area contributed by atoms with Gasteiger partial charge in [-0.05, 0) is 23.2 Å². The van der Waals surface area contributed by atoms with E-state index in [-0.39, 0.29) is 12.1 Å². The maximum atomic E-state index is 12.8. The third kappa shape index (κ3) is 4.05. The lowest BCUT2D eigenvalue weighted by molar-refractivity contribution is -0.274. The van der Waals surface area contributed by atoms with Gasteiger partial charge < -0.3 is 4.74 Å². The summed E-state index contributed by atoms with van der Waals surface area (Å²) in [5, 5.41) is 3.10. The molecule has 1 aromatic rings. The molecule has 0 unspecified atom stereocenters. The van der Waals surface area contributed by atoms with Gasteiger partial charge >= 0.3 is 6.36 Å². The van der Waals surface area contributed by atoms with Crippen LogP contribution in [0.2, 0.25) is 0 Å². The minimum Gasteiger partial charge on any atom is -0.406 e. The fourth-order valence-electron chi connectivity index (χ4n) is 1.02. The van der Waals surface area contributed by atoms with Crippen LogP contribution in [0.5, 0.6) is 5.75 Å². The monoisotopic (exact) mass is 235 g/mol. The molecule has 0 aliphatic heterocycles. The third-order valence-corrected chi connectivity index (χ3v) is 1.48. The number of benzene rings is 1. The molecule has 8 heteroatoms. The van der Waals surface area contributed by atoms with Crippen molar-refractivity contribution in [2.45, 2.75) is 12.9 Å². The molecule has 0 fully saturated rings. The van der Waals surface area contributed by atoms with Crippen LogP contribution in [-0.2, 0) is 6.54 Å². The molecular weight excluding hydrogens is 230 g/mol. The summed E-state index contributed by atoms with van der Waals surface area (Å²) in [6.07, 6.45) is -4.89. The number of halogens is 4. The van der Waals surface area contributed by atoms with Crippen molar-refractivity contribution in [1.82, 2.24) is 0 Å². The van der Waals surface area contributed by atoms with Crippen molar-refractivity contribution < 1.29 is 22.3 Å². The fourth-order valence-corrected chi connectivity index (χ4v) is 1.02. The predicted octanol–water partition coefficient (Wildman–Crippen LogP) is 3.53. The molecule has 0 spiro atoms. The van der Waals surface area contributed by atoms with Crippen molar-refractivity contribution >= 4 is 0 Å². The van der Waals surface area contributed by atoms with Gasteiger partial charge in [-0.3, -0.25) is 0 Å². The molecule has 4 nitrogen and oxygen atoms in total. The minimum atomic E-state index is -4.89. The van der Waals surface area contributed by atoms with Gasteiger partial charge in [0, 0.05) is 11.0 Å². The number of rotatable bonds is 3. The second-order valence-corrected chi connectivity index (χ2v) is 2.73. The van der Waals surface area contributed by atoms with Crippen LogP contribution in [0.25, 0.3) is 10.4 Å². The quantitative estimate of drug-likeness (QED) is 0.342. The zero-order chi connectivity index (χ0) is 12.2. The molecule has 0 heterocycles. The van der Waals surface area contributed by atoms with Gasteiger partial charge in [-0.1, -0.05) is 5.11 Å². The average molecular weight is 235 g/mol. The maximum absolute atomic E-state index is 12.8. The highest BCUT2D eigenvalue weighted by atomic mass is 19.4. The molecule has 0 saturated heterocycles. The van der Waals surface area contributed by atoms with E-state index in [0.29, 0.717) is 6.07 Å². The molecule has 0 amide bonds. The number of ether oxygens (including phenoxy) is 1. The molecule has 0 aliphatic carbocycles. The second-order valence-electron chi connectivity index (χ2n) is 2.73. The minimum absolute atomic E-state index is 0.0945. The summed E-state index contributed by atoms with van der Waals surface area (Å²) >= 11 is 0. The van der Waals surface area contributed by atoms with Crippen molar-refractivity contribution in [2.75, 3.05) is 0 Å². The summed E-state index contributed by atoms with van der Waals surface area (Å²) < 4.78 is 51.9. The standard InChI is InChI=1S/C8H5F4N3O/c9-6-1-5(4-14-15-13)2-7(3-6)16-8(10,11)12/h1-3H,4H2. The average Bonchev–Trinajstić information content (AvgIpc) is 2.10. The van der Waals surface area contributed by atoms with E-state index in [1.165, 1.54) is 0 Å². The van der Waals surface area contributed by atoms with E-state index in [4.69, 9.17) is 5.53 Å². The van der Waals surface area contributed by atoms with E-state index < -0.39 is 17.9 Å². The number of azide groups is 1. The third-order valence-electron chi connectivity index (χ3n) is 1.48. The van der Waals surface area contributed by atoms with E-state index in [1.54, 1.807) is 0 Å². The van der Waals surface area contributed by atoms with Crippen molar-refractivity contribution in [3.8, 4) is 5.75 Å². The molecule has 0 N–H and O–H groups in total. The first-order valence-corrected chi connectivity index (χ1v) is 3.97. The number of hydrogen-bond donors (Lipinski definition) is 0. The van der Waals surface area contributed by atoms with Gasteiger partial charge in [-0.2, -0.15) is 0 Å². The van der Waals surface area contributed by atoms with E-state index in [2.05, 4.69) is 14.8 Å². The maximum Gasteiger partial charge on any atom is 0.573 e. The highest BCUT2D eigenvalue weighted by Crippen LogP contribution is 2.24. The Morgan fingerprint density at radius 3 is 2.56 bits per heavy atom. The van der Waals surface area contributed by atoms with Gasteiger partial charge in [0.25, 0.3) is 0 Å². The van der Waals surface area contributed by atoms with Gasteiger partial charge in [0.2, 0.25) is 0 Å². The van der Waals surface area contributed by atoms with Crippen LogP contribution in [0, 0.1) is 5.82 Å². The first-order valence-electron chi connectivity index (χ1n) is 3.97. The Labute approximate surface area is 87.1 Å². The Balaban J connectivity index is 2.93. The highest BCUT2D eigenvalue weighted by Gasteiger charge is 2.31. The molecule has 0 aliphatic rings. The van der Waals surface area contributed by atoms with E-state index in [0.717, 1.165) is 12.1 Å². The summed E-state index contributed by atoms with van der Waals surface area (Å²) in [5.41, 5.74) is 8.10. The first-order chi connectivity index (χ1) is 7.40. The zero-order valence-corrected chi connectivity index (χ0v) is 7.70. The predicted molar refractivity (Wildman–Crippen MR) is 45.9 cm³/mol. The van der Waals surface area contributed by atoms with Crippen LogP contribution in [0.1, 0.15) is 5.56 Å². The van der Waals surface area contributed by atoms with Gasteiger partial charge in [0.1, 0.15) is 11.6 Å². The second kappa shape index (κ2) is 4.71. The van der Waals surface area contributed by atoms with Gasteiger partial charge in [-0.15, -0.1) is 13.2 Å². The molecule has 0 saturated carbocycles. The Morgan fingerprint density at radius 1 is 1.31 bits per heavy atom. The Morgan fingerprint density at radius 2 is 2.00 bits per heavy atom. The summed E-state index contributed by atoms with van der Waals surface area (Å²) in [7, 11) is 0. The van der Waals surface area contributed by atoms with Crippen LogP contribution < -0.4 is 4.74 Å². The highest BCUT2D eigenvalue weighted by molar-refractivity contribution is 5.29. The lowest BCUT2D eigenvalue weighted by atomic mass is 10.2. The number of hydrogen-bond acceptors (Lipinski definition) is 2. The molecule has 0 atom stereocenters. The lowest BCUT2D eigenvalue weighted by Gasteiger charge is -2.09. The van der Waals surface area contributed by atoms with Crippen LogP contribution in [-0.4, -0.2) is 6.36 Å². The van der Waals surface area contributed by atoms with Crippen molar-refractivity contribution in [1.29, 1.82) is 0 Å². The summed E-state index contributed by atoms with van der Waals surface area (Å²) in [6.45, 7) is -0.248. The van der Waals surface area contributed by atoms with Crippen molar-refractivity contribution in [3.63, 3.8) is 0 Å². The van der Waals surface area contributed by atoms with Crippen molar-refractivity contribution in [3.05, 3.63) is 40.0 Å². The summed E-state index contributed by atoms with van der Waals surface area (Å²) in [6, 6.07) is 2.50. The Kier molecular flexibility index (Phi) is 3.57. The van der Waals surface area contributed by atoms with Crippen LogP contribution >= 0.6 is 0 Å². The SMILES string of the molecule is [N-]=[N+]=NCc1cc(F)cc(OC(F)(F)F)c1. The molecular formula is C8H5F4N3O. The van der Waals surface area contributed by atoms with E-state index in [9.17, 15) is 17.6 Å². The largest absolute Gasteiger partial charge is 0.573 e.